The molecule has 16 heavy (non-hydrogen) atoms. The molecular weight excluding hydrogens is 239 g/mol. The van der Waals surface area contributed by atoms with Gasteiger partial charge in [-0.25, -0.2) is 0 Å². The van der Waals surface area contributed by atoms with E-state index in [4.69, 9.17) is 11.1 Å². The Hall–Kier alpha value is -0.430. The van der Waals surface area contributed by atoms with Crippen LogP contribution in [-0.4, -0.2) is 41.1 Å². The fraction of sp³-hybridized carbons (Fsp3) is 0.889. The molecule has 1 atom stereocenters. The van der Waals surface area contributed by atoms with E-state index in [1.54, 1.807) is 4.90 Å². The van der Waals surface area contributed by atoms with Gasteiger partial charge in [-0.2, -0.15) is 13.2 Å². The highest BCUT2D eigenvalue weighted by Crippen LogP contribution is 2.31. The largest absolute Gasteiger partial charge is 0.402 e. The lowest BCUT2D eigenvalue weighted by Gasteiger charge is -2.30. The lowest BCUT2D eigenvalue weighted by Crippen LogP contribution is -2.42. The summed E-state index contributed by atoms with van der Waals surface area (Å²) in [5.41, 5.74) is 5.02. The highest BCUT2D eigenvalue weighted by Gasteiger charge is 2.41. The zero-order chi connectivity index (χ0) is 12.2. The first-order chi connectivity index (χ1) is 7.39. The second-order valence-electron chi connectivity index (χ2n) is 3.87. The van der Waals surface area contributed by atoms with E-state index >= 15 is 0 Å². The van der Waals surface area contributed by atoms with Crippen LogP contribution in [0.1, 0.15) is 19.3 Å². The number of hydrogen-bond acceptors (Lipinski definition) is 3. The van der Waals surface area contributed by atoms with Gasteiger partial charge in [-0.15, -0.1) is 0 Å². The zero-order valence-electron chi connectivity index (χ0n) is 8.89. The van der Waals surface area contributed by atoms with Crippen molar-refractivity contribution < 1.29 is 13.2 Å². The lowest BCUT2D eigenvalue weighted by molar-refractivity contribution is -0.132. The van der Waals surface area contributed by atoms with E-state index in [1.807, 2.05) is 0 Å². The summed E-state index contributed by atoms with van der Waals surface area (Å²) in [6.45, 7) is 1.36. The second kappa shape index (κ2) is 5.77. The Morgan fingerprint density at radius 1 is 1.31 bits per heavy atom. The van der Waals surface area contributed by atoms with Gasteiger partial charge in [0.1, 0.15) is 5.25 Å². The third-order valence-corrected chi connectivity index (χ3v) is 3.46. The van der Waals surface area contributed by atoms with Crippen LogP contribution in [0.3, 0.4) is 0 Å². The first-order valence-corrected chi connectivity index (χ1v) is 6.07. The number of rotatable bonds is 3. The van der Waals surface area contributed by atoms with Gasteiger partial charge >= 0.3 is 6.18 Å². The minimum atomic E-state index is -4.30. The number of alkyl halides is 3. The maximum Gasteiger partial charge on any atom is 0.402 e. The van der Waals surface area contributed by atoms with Crippen LogP contribution in [0.15, 0.2) is 0 Å². The molecule has 1 aliphatic heterocycles. The van der Waals surface area contributed by atoms with Crippen molar-refractivity contribution in [2.24, 2.45) is 5.73 Å². The highest BCUT2D eigenvalue weighted by atomic mass is 32.2. The molecule has 0 radical (unpaired) electrons. The zero-order valence-corrected chi connectivity index (χ0v) is 9.70. The van der Waals surface area contributed by atoms with Crippen LogP contribution >= 0.6 is 11.8 Å². The lowest BCUT2D eigenvalue weighted by atomic mass is 10.1. The molecule has 7 heteroatoms. The molecule has 3 N–H and O–H groups in total. The van der Waals surface area contributed by atoms with Crippen molar-refractivity contribution in [3.63, 3.8) is 0 Å². The highest BCUT2D eigenvalue weighted by molar-refractivity contribution is 8.14. The van der Waals surface area contributed by atoms with Crippen LogP contribution in [0.2, 0.25) is 0 Å². The van der Waals surface area contributed by atoms with Gasteiger partial charge in [0.2, 0.25) is 0 Å². The topological polar surface area (TPSA) is 53.1 Å². The molecule has 0 aromatic rings. The predicted octanol–water partition coefficient (Wildman–Crippen LogP) is 2.03. The number of nitrogens with one attached hydrogen (secondary N) is 1. The van der Waals surface area contributed by atoms with E-state index in [2.05, 4.69) is 0 Å². The average molecular weight is 255 g/mol. The Morgan fingerprint density at radius 3 is 2.31 bits per heavy atom. The second-order valence-corrected chi connectivity index (χ2v) is 5.12. The molecule has 94 valence electrons. The number of hydrogen-bond donors (Lipinski definition) is 2. The Labute approximate surface area is 97.1 Å². The number of nitrogens with two attached hydrogens (primary N) is 1. The fourth-order valence-electron chi connectivity index (χ4n) is 1.74. The van der Waals surface area contributed by atoms with Crippen LogP contribution in [0.5, 0.6) is 0 Å². The summed E-state index contributed by atoms with van der Waals surface area (Å²) in [6.07, 6.45) is -1.30. The van der Waals surface area contributed by atoms with E-state index in [0.717, 1.165) is 19.3 Å². The summed E-state index contributed by atoms with van der Waals surface area (Å²) in [5.74, 6) is 0. The normalized spacial score (nSPS) is 20.7. The van der Waals surface area contributed by atoms with Crippen molar-refractivity contribution in [1.82, 2.24) is 4.90 Å². The number of halogens is 3. The number of amidine groups is 1. The smallest absolute Gasteiger partial charge is 0.379 e. The van der Waals surface area contributed by atoms with E-state index in [0.29, 0.717) is 24.9 Å². The van der Waals surface area contributed by atoms with Crippen LogP contribution in [0.25, 0.3) is 0 Å². The van der Waals surface area contributed by atoms with Gasteiger partial charge in [0.15, 0.2) is 5.17 Å². The van der Waals surface area contributed by atoms with Crippen LogP contribution in [0.4, 0.5) is 13.2 Å². The molecule has 1 heterocycles. The van der Waals surface area contributed by atoms with Crippen molar-refractivity contribution in [1.29, 1.82) is 5.41 Å². The van der Waals surface area contributed by atoms with Gasteiger partial charge in [-0.05, 0) is 25.9 Å². The van der Waals surface area contributed by atoms with Crippen LogP contribution in [0, 0.1) is 5.41 Å². The third kappa shape index (κ3) is 4.61. The monoisotopic (exact) mass is 255 g/mol. The summed E-state index contributed by atoms with van der Waals surface area (Å²) in [7, 11) is 0. The Morgan fingerprint density at radius 2 is 1.88 bits per heavy atom. The van der Waals surface area contributed by atoms with Crippen molar-refractivity contribution in [2.75, 3.05) is 19.6 Å². The van der Waals surface area contributed by atoms with Crippen LogP contribution in [-0.2, 0) is 0 Å². The molecule has 1 fully saturated rings. The van der Waals surface area contributed by atoms with Gasteiger partial charge in [-0.3, -0.25) is 5.41 Å². The number of nitrogens with zero attached hydrogens (tertiary/aromatic N) is 1. The summed E-state index contributed by atoms with van der Waals surface area (Å²) in [4.78, 5) is 1.80. The Kier molecular flexibility index (Phi) is 4.91. The van der Waals surface area contributed by atoms with Crippen LogP contribution < -0.4 is 5.73 Å². The van der Waals surface area contributed by atoms with Crippen molar-refractivity contribution in [2.45, 2.75) is 30.7 Å². The van der Waals surface area contributed by atoms with Gasteiger partial charge < -0.3 is 10.6 Å². The van der Waals surface area contributed by atoms with Gasteiger partial charge in [0.25, 0.3) is 0 Å². The number of thioether (sulfide) groups is 1. The summed E-state index contributed by atoms with van der Waals surface area (Å²) in [5, 5.41) is 4.89. The molecule has 3 nitrogen and oxygen atoms in total. The molecular formula is C9H16F3N3S. The van der Waals surface area contributed by atoms with Gasteiger partial charge in [0, 0.05) is 6.54 Å². The van der Waals surface area contributed by atoms with Gasteiger partial charge in [-0.1, -0.05) is 18.2 Å². The van der Waals surface area contributed by atoms with E-state index in [-0.39, 0.29) is 6.54 Å². The van der Waals surface area contributed by atoms with Crippen molar-refractivity contribution >= 4 is 16.9 Å². The molecule has 0 aromatic heterocycles. The van der Waals surface area contributed by atoms with E-state index in [1.165, 1.54) is 0 Å². The standard InChI is InChI=1S/C9H16F3N3S/c10-9(11,12)7(16-8(13)14)6-15-4-2-1-3-5-15/h7H,1-6H2,(H3,13,14)/t7-/m1/s1. The quantitative estimate of drug-likeness (QED) is 0.599. The maximum atomic E-state index is 12.6. The fourth-order valence-corrected chi connectivity index (χ4v) is 2.46. The molecule has 0 aliphatic carbocycles. The summed E-state index contributed by atoms with van der Waals surface area (Å²) < 4.78 is 37.9. The molecule has 1 rings (SSSR count). The number of piperidine rings is 1. The summed E-state index contributed by atoms with van der Waals surface area (Å²) >= 11 is 0.395. The van der Waals surface area contributed by atoms with Crippen molar-refractivity contribution in [3.05, 3.63) is 0 Å². The van der Waals surface area contributed by atoms with Gasteiger partial charge in [0.05, 0.1) is 0 Å². The van der Waals surface area contributed by atoms with Crippen molar-refractivity contribution in [3.8, 4) is 0 Å². The molecule has 0 unspecified atom stereocenters. The predicted molar refractivity (Wildman–Crippen MR) is 59.6 cm³/mol. The Bertz CT molecular complexity index is 239. The minimum absolute atomic E-state index is 0.0618. The molecule has 1 saturated heterocycles. The maximum absolute atomic E-state index is 12.6. The number of likely N-dealkylation sites (tertiary alicyclic amines) is 1. The SMILES string of the molecule is N=C(N)S[C@H](CN1CCCCC1)C(F)(F)F. The average Bonchev–Trinajstić information content (AvgIpc) is 2.16. The molecule has 0 bridgehead atoms. The first-order valence-electron chi connectivity index (χ1n) is 5.19. The summed E-state index contributed by atoms with van der Waals surface area (Å²) in [6, 6.07) is 0. The minimum Gasteiger partial charge on any atom is -0.379 e. The molecule has 0 aromatic carbocycles. The van der Waals surface area contributed by atoms with E-state index in [9.17, 15) is 13.2 Å². The van der Waals surface area contributed by atoms with E-state index < -0.39 is 16.6 Å². The molecule has 1 aliphatic rings. The molecule has 0 saturated carbocycles. The third-order valence-electron chi connectivity index (χ3n) is 2.51. The Balaban J connectivity index is 2.51. The molecule has 0 spiro atoms. The first kappa shape index (κ1) is 13.6. The molecule has 0 amide bonds.